The fourth-order valence-electron chi connectivity index (χ4n) is 4.02. The SMILES string of the molecule is c1ccc2c(c1)/C(=N\N=C1/c3ccccc3-c3ncccc31)c1cccnc1-2. The van der Waals surface area contributed by atoms with Gasteiger partial charge in [0.15, 0.2) is 0 Å². The first-order valence-electron chi connectivity index (χ1n) is 9.18. The molecule has 4 nitrogen and oxygen atoms in total. The highest BCUT2D eigenvalue weighted by Crippen LogP contribution is 2.37. The van der Waals surface area contributed by atoms with Crippen LogP contribution in [0, 0.1) is 0 Å². The van der Waals surface area contributed by atoms with Gasteiger partial charge in [-0.3, -0.25) is 9.97 Å². The number of hydrogen-bond donors (Lipinski definition) is 0. The van der Waals surface area contributed by atoms with Crippen LogP contribution in [0.1, 0.15) is 22.3 Å². The van der Waals surface area contributed by atoms with E-state index in [1.165, 1.54) is 0 Å². The zero-order valence-electron chi connectivity index (χ0n) is 14.9. The lowest BCUT2D eigenvalue weighted by atomic mass is 10.1. The fourth-order valence-corrected chi connectivity index (χ4v) is 4.02. The lowest BCUT2D eigenvalue weighted by Crippen LogP contribution is -2.01. The molecule has 0 atom stereocenters. The van der Waals surface area contributed by atoms with E-state index in [4.69, 9.17) is 10.2 Å². The van der Waals surface area contributed by atoms with Crippen molar-refractivity contribution in [3.8, 4) is 22.5 Å². The summed E-state index contributed by atoms with van der Waals surface area (Å²) in [5.74, 6) is 0. The molecule has 0 radical (unpaired) electrons. The Labute approximate surface area is 162 Å². The summed E-state index contributed by atoms with van der Waals surface area (Å²) in [4.78, 5) is 9.13. The number of hydrogen-bond acceptors (Lipinski definition) is 4. The molecule has 0 unspecified atom stereocenters. The van der Waals surface area contributed by atoms with E-state index in [1.807, 2.05) is 48.8 Å². The zero-order valence-corrected chi connectivity index (χ0v) is 14.9. The third-order valence-electron chi connectivity index (χ3n) is 5.25. The molecule has 0 bridgehead atoms. The summed E-state index contributed by atoms with van der Waals surface area (Å²) < 4.78 is 0. The molecule has 2 aliphatic carbocycles. The predicted molar refractivity (Wildman–Crippen MR) is 111 cm³/mol. The molecule has 2 aliphatic rings. The molecule has 0 fully saturated rings. The number of benzene rings is 2. The lowest BCUT2D eigenvalue weighted by Gasteiger charge is -2.01. The highest BCUT2D eigenvalue weighted by Gasteiger charge is 2.28. The summed E-state index contributed by atoms with van der Waals surface area (Å²) in [6.45, 7) is 0. The van der Waals surface area contributed by atoms with Gasteiger partial charge in [-0.05, 0) is 24.3 Å². The van der Waals surface area contributed by atoms with E-state index in [9.17, 15) is 0 Å². The highest BCUT2D eigenvalue weighted by atomic mass is 15.2. The Hall–Kier alpha value is -3.92. The van der Waals surface area contributed by atoms with Crippen molar-refractivity contribution in [1.82, 2.24) is 9.97 Å². The van der Waals surface area contributed by atoms with Crippen molar-refractivity contribution < 1.29 is 0 Å². The number of pyridine rings is 2. The van der Waals surface area contributed by atoms with E-state index in [0.717, 1.165) is 56.2 Å². The molecule has 6 rings (SSSR count). The Morgan fingerprint density at radius 3 is 1.29 bits per heavy atom. The minimum Gasteiger partial charge on any atom is -0.256 e. The first-order valence-corrected chi connectivity index (χ1v) is 9.18. The molecule has 4 heteroatoms. The van der Waals surface area contributed by atoms with Crippen LogP contribution in [0.25, 0.3) is 22.5 Å². The number of rotatable bonds is 1. The summed E-state index contributed by atoms with van der Waals surface area (Å²) in [5, 5.41) is 9.44. The Bertz CT molecular complexity index is 1120. The Morgan fingerprint density at radius 2 is 0.821 bits per heavy atom. The van der Waals surface area contributed by atoms with E-state index >= 15 is 0 Å². The summed E-state index contributed by atoms with van der Waals surface area (Å²) in [6.07, 6.45) is 3.64. The second-order valence-corrected chi connectivity index (χ2v) is 6.79. The van der Waals surface area contributed by atoms with Gasteiger partial charge >= 0.3 is 0 Å². The van der Waals surface area contributed by atoms with Crippen LogP contribution in [0.3, 0.4) is 0 Å². The van der Waals surface area contributed by atoms with Crippen molar-refractivity contribution in [3.63, 3.8) is 0 Å². The van der Waals surface area contributed by atoms with Crippen molar-refractivity contribution in [3.05, 3.63) is 107 Å². The van der Waals surface area contributed by atoms with E-state index in [-0.39, 0.29) is 0 Å². The summed E-state index contributed by atoms with van der Waals surface area (Å²) in [5.41, 5.74) is 10.0. The Kier molecular flexibility index (Phi) is 3.14. The van der Waals surface area contributed by atoms with Gasteiger partial charge in [0.25, 0.3) is 0 Å². The second-order valence-electron chi connectivity index (χ2n) is 6.79. The first kappa shape index (κ1) is 15.2. The molecule has 130 valence electrons. The van der Waals surface area contributed by atoms with Crippen LogP contribution in [0.5, 0.6) is 0 Å². The van der Waals surface area contributed by atoms with Crippen LogP contribution in [0.2, 0.25) is 0 Å². The van der Waals surface area contributed by atoms with Gasteiger partial charge in [0, 0.05) is 45.8 Å². The molecule has 0 saturated carbocycles. The van der Waals surface area contributed by atoms with Crippen LogP contribution in [0.4, 0.5) is 0 Å². The number of nitrogens with zero attached hydrogens (tertiary/aromatic N) is 4. The third kappa shape index (κ3) is 2.06. The molecule has 0 spiro atoms. The van der Waals surface area contributed by atoms with Gasteiger partial charge < -0.3 is 0 Å². The molecule has 0 amide bonds. The van der Waals surface area contributed by atoms with E-state index in [2.05, 4.69) is 46.4 Å². The van der Waals surface area contributed by atoms with Crippen molar-refractivity contribution in [2.75, 3.05) is 0 Å². The maximum Gasteiger partial charge on any atom is 0.103 e. The average molecular weight is 358 g/mol. The minimum absolute atomic E-state index is 0.862. The average Bonchev–Trinajstić information content (AvgIpc) is 3.26. The maximum atomic E-state index is 4.72. The fraction of sp³-hybridized carbons (Fsp3) is 0. The van der Waals surface area contributed by atoms with Crippen molar-refractivity contribution in [1.29, 1.82) is 0 Å². The second kappa shape index (κ2) is 5.79. The van der Waals surface area contributed by atoms with Crippen LogP contribution in [-0.4, -0.2) is 21.4 Å². The lowest BCUT2D eigenvalue weighted by molar-refractivity contribution is 1.23. The van der Waals surface area contributed by atoms with Crippen molar-refractivity contribution in [2.45, 2.75) is 0 Å². The van der Waals surface area contributed by atoms with Gasteiger partial charge in [0.1, 0.15) is 11.4 Å². The van der Waals surface area contributed by atoms with Crippen molar-refractivity contribution >= 4 is 11.4 Å². The van der Waals surface area contributed by atoms with Gasteiger partial charge in [-0.1, -0.05) is 48.5 Å². The molecule has 2 aromatic heterocycles. The number of aromatic nitrogens is 2. The van der Waals surface area contributed by atoms with Gasteiger partial charge in [0.2, 0.25) is 0 Å². The number of fused-ring (bicyclic) bond motifs is 6. The van der Waals surface area contributed by atoms with Crippen LogP contribution in [-0.2, 0) is 0 Å². The smallest absolute Gasteiger partial charge is 0.103 e. The van der Waals surface area contributed by atoms with Gasteiger partial charge in [-0.15, -0.1) is 10.2 Å². The van der Waals surface area contributed by atoms with Crippen molar-refractivity contribution in [2.24, 2.45) is 10.2 Å². The van der Waals surface area contributed by atoms with Gasteiger partial charge in [0.05, 0.1) is 11.4 Å². The third-order valence-corrected chi connectivity index (χ3v) is 5.25. The molecule has 2 aromatic carbocycles. The monoisotopic (exact) mass is 358 g/mol. The first-order chi connectivity index (χ1) is 13.9. The molecular weight excluding hydrogens is 344 g/mol. The molecular formula is C24H14N4. The highest BCUT2D eigenvalue weighted by molar-refractivity contribution is 6.26. The van der Waals surface area contributed by atoms with Crippen LogP contribution in [0.15, 0.2) is 95.4 Å². The molecule has 0 saturated heterocycles. The minimum atomic E-state index is 0.862. The summed E-state index contributed by atoms with van der Waals surface area (Å²) >= 11 is 0. The quantitative estimate of drug-likeness (QED) is 0.399. The topological polar surface area (TPSA) is 50.5 Å². The van der Waals surface area contributed by atoms with E-state index in [0.29, 0.717) is 0 Å². The normalized spacial score (nSPS) is 16.0. The predicted octanol–water partition coefficient (Wildman–Crippen LogP) is 4.73. The molecule has 28 heavy (non-hydrogen) atoms. The maximum absolute atomic E-state index is 4.72. The Morgan fingerprint density at radius 1 is 0.429 bits per heavy atom. The Balaban J connectivity index is 1.58. The molecule has 0 N–H and O–H groups in total. The molecule has 0 aliphatic heterocycles. The largest absolute Gasteiger partial charge is 0.256 e. The summed E-state index contributed by atoms with van der Waals surface area (Å²) in [6, 6.07) is 24.4. The van der Waals surface area contributed by atoms with E-state index < -0.39 is 0 Å². The van der Waals surface area contributed by atoms with Crippen LogP contribution >= 0.6 is 0 Å². The van der Waals surface area contributed by atoms with E-state index in [1.54, 1.807) is 0 Å². The molecule has 2 heterocycles. The van der Waals surface area contributed by atoms with Gasteiger partial charge in [-0.2, -0.15) is 0 Å². The van der Waals surface area contributed by atoms with Crippen LogP contribution < -0.4 is 0 Å². The summed E-state index contributed by atoms with van der Waals surface area (Å²) in [7, 11) is 0. The van der Waals surface area contributed by atoms with Gasteiger partial charge in [-0.25, -0.2) is 0 Å². The molecule has 4 aromatic rings. The zero-order chi connectivity index (χ0) is 18.5. The standard InChI is InChI=1S/C24H14N4/c1-3-9-17-15(7-1)21-19(11-5-13-25-21)23(17)27-28-24-18-10-4-2-8-16(18)22-20(24)12-6-14-26-22/h1-14H/b27-23+,28-24+.